The summed E-state index contributed by atoms with van der Waals surface area (Å²) in [5.41, 5.74) is 0. The number of carbonyl (C=O) groups excluding carboxylic acids is 2. The Labute approximate surface area is 161 Å². The SMILES string of the molecule is CC(C)NC(C(=O)CC(CCCN1CCCCC1)C(=O)C(C)C)C(C)C. The summed E-state index contributed by atoms with van der Waals surface area (Å²) in [5, 5.41) is 3.39. The van der Waals surface area contributed by atoms with E-state index in [9.17, 15) is 9.59 Å². The number of Topliss-reactive ketones (excluding diaryl/α,β-unsaturated/α-hetero) is 2. The van der Waals surface area contributed by atoms with E-state index in [1.54, 1.807) is 0 Å². The molecule has 26 heavy (non-hydrogen) atoms. The molecule has 0 saturated carbocycles. The Morgan fingerprint density at radius 2 is 1.58 bits per heavy atom. The number of piperidine rings is 1. The number of carbonyl (C=O) groups is 2. The van der Waals surface area contributed by atoms with Crippen molar-refractivity contribution in [2.45, 2.75) is 92.2 Å². The summed E-state index contributed by atoms with van der Waals surface area (Å²) in [6.45, 7) is 15.6. The van der Waals surface area contributed by atoms with Crippen molar-refractivity contribution in [3.63, 3.8) is 0 Å². The van der Waals surface area contributed by atoms with E-state index in [1.807, 2.05) is 13.8 Å². The standard InChI is InChI=1S/C22H42N2O2/c1-16(2)21(23-18(5)6)20(25)15-19(22(26)17(3)4)11-10-14-24-12-8-7-9-13-24/h16-19,21,23H,7-15H2,1-6H3. The van der Waals surface area contributed by atoms with Crippen LogP contribution in [0.15, 0.2) is 0 Å². The zero-order chi connectivity index (χ0) is 19.7. The maximum absolute atomic E-state index is 12.9. The smallest absolute Gasteiger partial charge is 0.150 e. The van der Waals surface area contributed by atoms with E-state index in [0.717, 1.165) is 19.4 Å². The molecule has 2 atom stereocenters. The summed E-state index contributed by atoms with van der Waals surface area (Å²) in [7, 11) is 0. The van der Waals surface area contributed by atoms with Crippen LogP contribution in [0.4, 0.5) is 0 Å². The first kappa shape index (κ1) is 23.3. The molecular formula is C22H42N2O2. The Kier molecular flexibility index (Phi) is 10.6. The molecule has 1 saturated heterocycles. The molecule has 4 nitrogen and oxygen atoms in total. The van der Waals surface area contributed by atoms with Gasteiger partial charge >= 0.3 is 0 Å². The van der Waals surface area contributed by atoms with E-state index in [-0.39, 0.29) is 41.4 Å². The van der Waals surface area contributed by atoms with E-state index in [0.29, 0.717) is 6.42 Å². The van der Waals surface area contributed by atoms with Crippen LogP contribution in [0.1, 0.15) is 80.1 Å². The summed E-state index contributed by atoms with van der Waals surface area (Å²) < 4.78 is 0. The topological polar surface area (TPSA) is 49.4 Å². The third-order valence-electron chi connectivity index (χ3n) is 5.42. The van der Waals surface area contributed by atoms with Crippen LogP contribution in [0.5, 0.6) is 0 Å². The van der Waals surface area contributed by atoms with Crippen LogP contribution in [0, 0.1) is 17.8 Å². The summed E-state index contributed by atoms with van der Waals surface area (Å²) in [6, 6.07) is 0.115. The average Bonchev–Trinajstić information content (AvgIpc) is 2.58. The highest BCUT2D eigenvalue weighted by Gasteiger charge is 2.29. The van der Waals surface area contributed by atoms with Crippen LogP contribution in [0.25, 0.3) is 0 Å². The lowest BCUT2D eigenvalue weighted by Gasteiger charge is -2.28. The number of likely N-dealkylation sites (tertiary alicyclic amines) is 1. The molecule has 1 heterocycles. The van der Waals surface area contributed by atoms with Gasteiger partial charge in [0.05, 0.1) is 6.04 Å². The van der Waals surface area contributed by atoms with Gasteiger partial charge in [0, 0.05) is 24.3 Å². The van der Waals surface area contributed by atoms with Crippen molar-refractivity contribution < 1.29 is 9.59 Å². The van der Waals surface area contributed by atoms with E-state index >= 15 is 0 Å². The second-order valence-corrected chi connectivity index (χ2v) is 9.01. The Morgan fingerprint density at radius 1 is 0.962 bits per heavy atom. The van der Waals surface area contributed by atoms with Crippen molar-refractivity contribution in [1.82, 2.24) is 10.2 Å². The monoisotopic (exact) mass is 366 g/mol. The van der Waals surface area contributed by atoms with Gasteiger partial charge in [-0.15, -0.1) is 0 Å². The van der Waals surface area contributed by atoms with Crippen molar-refractivity contribution >= 4 is 11.6 Å². The van der Waals surface area contributed by atoms with Crippen molar-refractivity contribution in [2.75, 3.05) is 19.6 Å². The van der Waals surface area contributed by atoms with Gasteiger partial charge in [-0.25, -0.2) is 0 Å². The van der Waals surface area contributed by atoms with Gasteiger partial charge in [-0.3, -0.25) is 9.59 Å². The molecule has 1 fully saturated rings. The first-order chi connectivity index (χ1) is 12.2. The van der Waals surface area contributed by atoms with Crippen molar-refractivity contribution in [3.05, 3.63) is 0 Å². The number of nitrogens with one attached hydrogen (secondary N) is 1. The Hall–Kier alpha value is -0.740. The molecule has 1 aliphatic rings. The third-order valence-corrected chi connectivity index (χ3v) is 5.42. The van der Waals surface area contributed by atoms with Crippen LogP contribution in [-0.2, 0) is 9.59 Å². The molecule has 0 aromatic rings. The van der Waals surface area contributed by atoms with E-state index in [4.69, 9.17) is 0 Å². The Balaban J connectivity index is 2.63. The molecule has 2 unspecified atom stereocenters. The maximum atomic E-state index is 12.9. The minimum atomic E-state index is -0.153. The largest absolute Gasteiger partial charge is 0.305 e. The van der Waals surface area contributed by atoms with Crippen molar-refractivity contribution in [3.8, 4) is 0 Å². The molecule has 0 aromatic carbocycles. The quantitative estimate of drug-likeness (QED) is 0.565. The zero-order valence-corrected chi connectivity index (χ0v) is 18.0. The molecule has 0 aliphatic carbocycles. The molecule has 0 spiro atoms. The molecule has 0 radical (unpaired) electrons. The lowest BCUT2D eigenvalue weighted by atomic mass is 9.84. The van der Waals surface area contributed by atoms with Gasteiger partial charge in [0.1, 0.15) is 5.78 Å². The predicted molar refractivity (Wildman–Crippen MR) is 109 cm³/mol. The second kappa shape index (κ2) is 11.9. The lowest BCUT2D eigenvalue weighted by molar-refractivity contribution is -0.131. The number of ketones is 2. The van der Waals surface area contributed by atoms with Gasteiger partial charge in [0.25, 0.3) is 0 Å². The molecule has 0 amide bonds. The average molecular weight is 367 g/mol. The normalized spacial score (nSPS) is 18.5. The molecular weight excluding hydrogens is 324 g/mol. The number of nitrogens with zero attached hydrogens (tertiary/aromatic N) is 1. The molecule has 1 rings (SSSR count). The minimum Gasteiger partial charge on any atom is -0.305 e. The van der Waals surface area contributed by atoms with E-state index < -0.39 is 0 Å². The number of hydrogen-bond donors (Lipinski definition) is 1. The van der Waals surface area contributed by atoms with Gasteiger partial charge in [-0.1, -0.05) is 48.0 Å². The first-order valence-corrected chi connectivity index (χ1v) is 10.8. The van der Waals surface area contributed by atoms with E-state index in [2.05, 4.69) is 37.9 Å². The van der Waals surface area contributed by atoms with Crippen LogP contribution in [0.3, 0.4) is 0 Å². The Bertz CT molecular complexity index is 426. The summed E-state index contributed by atoms with van der Waals surface area (Å²) in [6.07, 6.45) is 6.18. The third kappa shape index (κ3) is 8.30. The van der Waals surface area contributed by atoms with Crippen LogP contribution in [0.2, 0.25) is 0 Å². The molecule has 0 bridgehead atoms. The predicted octanol–water partition coefficient (Wildman–Crippen LogP) is 4.08. The first-order valence-electron chi connectivity index (χ1n) is 10.8. The highest BCUT2D eigenvalue weighted by molar-refractivity contribution is 5.91. The summed E-state index contributed by atoms with van der Waals surface area (Å²) in [5.74, 6) is 0.573. The summed E-state index contributed by atoms with van der Waals surface area (Å²) >= 11 is 0. The zero-order valence-electron chi connectivity index (χ0n) is 18.0. The van der Waals surface area contributed by atoms with Gasteiger partial charge in [0.15, 0.2) is 5.78 Å². The van der Waals surface area contributed by atoms with Gasteiger partial charge in [0.2, 0.25) is 0 Å². The van der Waals surface area contributed by atoms with Crippen molar-refractivity contribution in [1.29, 1.82) is 0 Å². The number of hydrogen-bond acceptors (Lipinski definition) is 4. The van der Waals surface area contributed by atoms with Crippen molar-refractivity contribution in [2.24, 2.45) is 17.8 Å². The molecule has 1 aliphatic heterocycles. The molecule has 4 heteroatoms. The van der Waals surface area contributed by atoms with E-state index in [1.165, 1.54) is 32.4 Å². The lowest BCUT2D eigenvalue weighted by Crippen LogP contribution is -2.45. The fourth-order valence-electron chi connectivity index (χ4n) is 3.95. The maximum Gasteiger partial charge on any atom is 0.150 e. The fourth-order valence-corrected chi connectivity index (χ4v) is 3.95. The molecule has 1 N–H and O–H groups in total. The number of rotatable bonds is 12. The Morgan fingerprint density at radius 3 is 2.08 bits per heavy atom. The highest BCUT2D eigenvalue weighted by atomic mass is 16.1. The molecule has 0 aromatic heterocycles. The van der Waals surface area contributed by atoms with Crippen LogP contribution >= 0.6 is 0 Å². The minimum absolute atomic E-state index is 0.00153. The van der Waals surface area contributed by atoms with Gasteiger partial charge in [-0.2, -0.15) is 0 Å². The highest BCUT2D eigenvalue weighted by Crippen LogP contribution is 2.21. The van der Waals surface area contributed by atoms with Gasteiger partial charge < -0.3 is 10.2 Å². The van der Waals surface area contributed by atoms with Crippen LogP contribution < -0.4 is 5.32 Å². The second-order valence-electron chi connectivity index (χ2n) is 9.01. The molecule has 152 valence electrons. The fraction of sp³-hybridized carbons (Fsp3) is 0.909. The summed E-state index contributed by atoms with van der Waals surface area (Å²) in [4.78, 5) is 28.1. The van der Waals surface area contributed by atoms with Gasteiger partial charge in [-0.05, 0) is 51.2 Å². The van der Waals surface area contributed by atoms with Crippen LogP contribution in [-0.4, -0.2) is 48.2 Å².